The van der Waals surface area contributed by atoms with Gasteiger partial charge in [0.1, 0.15) is 17.3 Å². The zero-order valence-corrected chi connectivity index (χ0v) is 19.3. The monoisotopic (exact) mass is 434 g/mol. The maximum absolute atomic E-state index is 12.6. The van der Waals surface area contributed by atoms with Gasteiger partial charge in [-0.15, -0.1) is 0 Å². The average molecular weight is 435 g/mol. The first-order valence-electron chi connectivity index (χ1n) is 10.7. The molecule has 2 heterocycles. The molecule has 0 radical (unpaired) electrons. The van der Waals surface area contributed by atoms with Crippen molar-refractivity contribution in [3.05, 3.63) is 47.4 Å². The zero-order chi connectivity index (χ0) is 21.7. The van der Waals surface area contributed by atoms with E-state index in [-0.39, 0.29) is 4.90 Å². The molecular weight excluding hydrogens is 400 g/mol. The summed E-state index contributed by atoms with van der Waals surface area (Å²) in [5.74, 6) is 3.42. The highest BCUT2D eigenvalue weighted by Gasteiger charge is 2.23. The normalized spacial score (nSPS) is 16.3. The molecule has 30 heavy (non-hydrogen) atoms. The maximum atomic E-state index is 12.6. The Bertz CT molecular complexity index is 911. The van der Waals surface area contributed by atoms with Crippen molar-refractivity contribution in [1.29, 1.82) is 0 Å². The van der Waals surface area contributed by atoms with Crippen LogP contribution in [-0.4, -0.2) is 39.6 Å². The third-order valence-corrected chi connectivity index (χ3v) is 6.96. The molecule has 1 N–H and O–H groups in total. The highest BCUT2D eigenvalue weighted by molar-refractivity contribution is 7.89. The summed E-state index contributed by atoms with van der Waals surface area (Å²) in [7, 11) is -3.50. The van der Waals surface area contributed by atoms with E-state index < -0.39 is 10.0 Å². The highest BCUT2D eigenvalue weighted by Crippen LogP contribution is 2.22. The van der Waals surface area contributed by atoms with Crippen molar-refractivity contribution in [3.63, 3.8) is 0 Å². The number of nitrogens with zero attached hydrogens (tertiary/aromatic N) is 1. The number of aryl methyl sites for hydroxylation is 2. The molecule has 1 aliphatic heterocycles. The Balaban J connectivity index is 1.45. The van der Waals surface area contributed by atoms with Crippen LogP contribution in [0.2, 0.25) is 0 Å². The number of nitrogens with one attached hydrogen (secondary N) is 1. The van der Waals surface area contributed by atoms with Crippen LogP contribution in [0.5, 0.6) is 5.75 Å². The van der Waals surface area contributed by atoms with E-state index in [2.05, 4.69) is 29.5 Å². The minimum absolute atomic E-state index is 0.280. The molecule has 2 aromatic rings. The number of furan rings is 1. The van der Waals surface area contributed by atoms with Crippen molar-refractivity contribution in [2.75, 3.05) is 26.2 Å². The fraction of sp³-hybridized carbons (Fsp3) is 0.565. The van der Waals surface area contributed by atoms with Gasteiger partial charge in [0, 0.05) is 18.7 Å². The third kappa shape index (κ3) is 6.33. The van der Waals surface area contributed by atoms with Crippen molar-refractivity contribution < 1.29 is 17.6 Å². The molecule has 1 saturated heterocycles. The van der Waals surface area contributed by atoms with Crippen molar-refractivity contribution in [2.24, 2.45) is 11.8 Å². The summed E-state index contributed by atoms with van der Waals surface area (Å²) >= 11 is 0. The smallest absolute Gasteiger partial charge is 0.240 e. The van der Waals surface area contributed by atoms with Gasteiger partial charge in [0.25, 0.3) is 0 Å². The lowest BCUT2D eigenvalue weighted by molar-refractivity contribution is 0.178. The summed E-state index contributed by atoms with van der Waals surface area (Å²) in [5, 5.41) is 0. The molecule has 6 nitrogen and oxygen atoms in total. The first-order valence-corrected chi connectivity index (χ1v) is 12.2. The maximum Gasteiger partial charge on any atom is 0.240 e. The first kappa shape index (κ1) is 22.8. The molecule has 0 amide bonds. The molecule has 0 atom stereocenters. The third-order valence-electron chi connectivity index (χ3n) is 5.52. The van der Waals surface area contributed by atoms with Crippen LogP contribution in [0.1, 0.15) is 43.8 Å². The molecule has 0 unspecified atom stereocenters. The van der Waals surface area contributed by atoms with Crippen LogP contribution >= 0.6 is 0 Å². The molecule has 0 spiro atoms. The average Bonchev–Trinajstić information content (AvgIpc) is 3.03. The van der Waals surface area contributed by atoms with Crippen molar-refractivity contribution >= 4 is 10.0 Å². The van der Waals surface area contributed by atoms with Gasteiger partial charge >= 0.3 is 0 Å². The topological polar surface area (TPSA) is 71.8 Å². The van der Waals surface area contributed by atoms with Crippen LogP contribution in [0.4, 0.5) is 0 Å². The zero-order valence-electron chi connectivity index (χ0n) is 18.5. The molecule has 1 aliphatic rings. The Morgan fingerprint density at radius 3 is 2.40 bits per heavy atom. The highest BCUT2D eigenvalue weighted by atomic mass is 32.2. The number of hydrogen-bond acceptors (Lipinski definition) is 5. The summed E-state index contributed by atoms with van der Waals surface area (Å²) in [5.41, 5.74) is 1.24. The molecule has 1 aromatic heterocycles. The standard InChI is InChI=1S/C23H34N2O4S/c1-17(2)16-28-22-5-7-23(8-6-22)30(26,27)24-14-20-9-11-25(12-10-20)15-21-13-18(3)29-19(21)4/h5-8,13,17,20,24H,9-12,14-16H2,1-4H3. The number of sulfonamides is 1. The predicted octanol–water partition coefficient (Wildman–Crippen LogP) is 4.12. The molecule has 1 aromatic carbocycles. The number of hydrogen-bond donors (Lipinski definition) is 1. The fourth-order valence-corrected chi connectivity index (χ4v) is 4.84. The number of rotatable bonds is 9. The van der Waals surface area contributed by atoms with E-state index in [1.165, 1.54) is 5.56 Å². The molecular formula is C23H34N2O4S. The lowest BCUT2D eigenvalue weighted by Crippen LogP contribution is -2.38. The van der Waals surface area contributed by atoms with Crippen LogP contribution in [0, 0.1) is 25.7 Å². The molecule has 0 saturated carbocycles. The molecule has 166 valence electrons. The Morgan fingerprint density at radius 2 is 1.83 bits per heavy atom. The first-order chi connectivity index (χ1) is 14.2. The van der Waals surface area contributed by atoms with Crippen LogP contribution in [0.15, 0.2) is 39.6 Å². The van der Waals surface area contributed by atoms with Gasteiger partial charge in [-0.05, 0) is 81.9 Å². The van der Waals surface area contributed by atoms with E-state index in [1.807, 2.05) is 13.8 Å². The lowest BCUT2D eigenvalue weighted by Gasteiger charge is -2.31. The fourth-order valence-electron chi connectivity index (χ4n) is 3.72. The van der Waals surface area contributed by atoms with Crippen molar-refractivity contribution in [2.45, 2.75) is 52.0 Å². The van der Waals surface area contributed by atoms with Gasteiger partial charge < -0.3 is 9.15 Å². The Kier molecular flexibility index (Phi) is 7.60. The van der Waals surface area contributed by atoms with E-state index >= 15 is 0 Å². The Morgan fingerprint density at radius 1 is 1.17 bits per heavy atom. The van der Waals surface area contributed by atoms with Gasteiger partial charge in [0.2, 0.25) is 10.0 Å². The van der Waals surface area contributed by atoms with E-state index in [4.69, 9.17) is 9.15 Å². The Labute approximate surface area is 180 Å². The number of piperidine rings is 1. The molecule has 0 bridgehead atoms. The van der Waals surface area contributed by atoms with Crippen LogP contribution < -0.4 is 9.46 Å². The minimum Gasteiger partial charge on any atom is -0.493 e. The number of likely N-dealkylation sites (tertiary alicyclic amines) is 1. The van der Waals surface area contributed by atoms with Crippen LogP contribution in [0.3, 0.4) is 0 Å². The largest absolute Gasteiger partial charge is 0.493 e. The minimum atomic E-state index is -3.50. The summed E-state index contributed by atoms with van der Waals surface area (Å²) < 4.78 is 39.3. The van der Waals surface area contributed by atoms with Gasteiger partial charge in [-0.25, -0.2) is 13.1 Å². The lowest BCUT2D eigenvalue weighted by atomic mass is 9.97. The second-order valence-electron chi connectivity index (χ2n) is 8.69. The quantitative estimate of drug-likeness (QED) is 0.643. The Hall–Kier alpha value is -1.83. The van der Waals surface area contributed by atoms with Gasteiger partial charge in [-0.3, -0.25) is 4.90 Å². The van der Waals surface area contributed by atoms with Crippen molar-refractivity contribution in [3.8, 4) is 5.75 Å². The number of benzene rings is 1. The second-order valence-corrected chi connectivity index (χ2v) is 10.5. The SMILES string of the molecule is Cc1cc(CN2CCC(CNS(=O)(=O)c3ccc(OCC(C)C)cc3)CC2)c(C)o1. The molecule has 1 fully saturated rings. The molecule has 7 heteroatoms. The number of ether oxygens (including phenoxy) is 1. The van der Waals surface area contributed by atoms with E-state index in [1.54, 1.807) is 24.3 Å². The second kappa shape index (κ2) is 9.98. The van der Waals surface area contributed by atoms with Gasteiger partial charge in [-0.2, -0.15) is 0 Å². The summed E-state index contributed by atoms with van der Waals surface area (Å²) in [6, 6.07) is 8.75. The van der Waals surface area contributed by atoms with Gasteiger partial charge in [-0.1, -0.05) is 13.8 Å². The molecule has 0 aliphatic carbocycles. The van der Waals surface area contributed by atoms with Gasteiger partial charge in [0.15, 0.2) is 0 Å². The summed E-state index contributed by atoms with van der Waals surface area (Å²) in [4.78, 5) is 2.70. The van der Waals surface area contributed by atoms with E-state index in [0.717, 1.165) is 44.0 Å². The van der Waals surface area contributed by atoms with Crippen molar-refractivity contribution in [1.82, 2.24) is 9.62 Å². The van der Waals surface area contributed by atoms with E-state index in [9.17, 15) is 8.42 Å². The predicted molar refractivity (Wildman–Crippen MR) is 118 cm³/mol. The molecule has 3 rings (SSSR count). The summed E-state index contributed by atoms with van der Waals surface area (Å²) in [6.07, 6.45) is 1.97. The van der Waals surface area contributed by atoms with Crippen LogP contribution in [0.25, 0.3) is 0 Å². The van der Waals surface area contributed by atoms with Crippen LogP contribution in [-0.2, 0) is 16.6 Å². The van der Waals surface area contributed by atoms with Gasteiger partial charge in [0.05, 0.1) is 11.5 Å². The summed E-state index contributed by atoms with van der Waals surface area (Å²) in [6.45, 7) is 12.1. The van der Waals surface area contributed by atoms with E-state index in [0.29, 0.717) is 30.7 Å².